The fraction of sp³-hybridized carbons (Fsp3) is 0.238. The summed E-state index contributed by atoms with van der Waals surface area (Å²) in [6, 6.07) is 19.1. The highest BCUT2D eigenvalue weighted by Gasteiger charge is 2.36. The molecule has 1 aromatic heterocycles. The van der Waals surface area contributed by atoms with E-state index in [-0.39, 0.29) is 40.2 Å². The van der Waals surface area contributed by atoms with Crippen LogP contribution in [0.5, 0.6) is 11.5 Å². The number of aromatic nitrogens is 1. The average molecular weight is 855 g/mol. The molecule has 0 unspecified atom stereocenters. The number of likely N-dealkylation sites (N-methyl/N-ethyl adjacent to an activating group) is 1. The van der Waals surface area contributed by atoms with Crippen molar-refractivity contribution in [1.29, 1.82) is 0 Å². The number of hydrogen-bond donors (Lipinski definition) is 5. The first-order valence-corrected chi connectivity index (χ1v) is 18.8. The highest BCUT2D eigenvalue weighted by molar-refractivity contribution is 6.04. The average Bonchev–Trinajstić information content (AvgIpc) is 3.66. The van der Waals surface area contributed by atoms with Gasteiger partial charge in [-0.25, -0.2) is 9.59 Å². The number of fused-ring (bicyclic) bond motifs is 2. The number of carboxylic acid groups (broad SMARTS) is 2. The van der Waals surface area contributed by atoms with Gasteiger partial charge in [0.1, 0.15) is 11.3 Å². The van der Waals surface area contributed by atoms with Crippen LogP contribution in [0.1, 0.15) is 63.0 Å². The Morgan fingerprint density at radius 2 is 1.39 bits per heavy atom. The molecule has 20 heteroatoms. The monoisotopic (exact) mass is 854 g/mol. The van der Waals surface area contributed by atoms with Crippen LogP contribution in [0.25, 0.3) is 16.5 Å². The van der Waals surface area contributed by atoms with Crippen molar-refractivity contribution in [3.05, 3.63) is 149 Å². The molecule has 1 aliphatic carbocycles. The number of carbonyl (C=O) groups excluding carboxylic acids is 2. The Morgan fingerprint density at radius 1 is 0.790 bits per heavy atom. The first-order chi connectivity index (χ1) is 29.3. The minimum Gasteiger partial charge on any atom is -0.508 e. The number of aromatic carboxylic acids is 2. The molecule has 62 heavy (non-hydrogen) atoms. The number of amides is 1. The van der Waals surface area contributed by atoms with Crippen LogP contribution < -0.4 is 0 Å². The molecule has 2 heterocycles. The molecular formula is C42H42N6O14. The molecule has 324 valence electrons. The number of hydrogen-bond acceptors (Lipinski definition) is 13. The number of rotatable bonds is 9. The molecular weight excluding hydrogens is 812 g/mol. The lowest BCUT2D eigenvalue weighted by molar-refractivity contribution is -0.394. The SMILES string of the molecule is CC(=O)c1ccccc1C(=O)O.CCN(CC)C(=O)[C@@H]1C=C2c3cccc4[nH]cc(c34)C[C@H]2N(C)C1.O=C(O)c1cc([N+](=O)[O-])cc([N+](=O)[O-])c1O.O=[N+]([O-])c1ccc(O)cc1. The van der Waals surface area contributed by atoms with Gasteiger partial charge in [-0.15, -0.1) is 0 Å². The zero-order valence-electron chi connectivity index (χ0n) is 33.8. The number of Topliss-reactive ketones (excluding diaryl/α,β-unsaturated/α-hetero) is 1. The summed E-state index contributed by atoms with van der Waals surface area (Å²) in [6.07, 6.45) is 5.41. The number of nitro groups is 3. The second-order valence-corrected chi connectivity index (χ2v) is 13.8. The molecule has 20 nitrogen and oxygen atoms in total. The van der Waals surface area contributed by atoms with Gasteiger partial charge in [0.15, 0.2) is 5.78 Å². The number of ketones is 1. The maximum absolute atomic E-state index is 12.9. The Balaban J connectivity index is 0.000000194. The van der Waals surface area contributed by atoms with E-state index in [0.717, 1.165) is 26.1 Å². The standard InChI is InChI=1S/C20H25N3O.C9H8O3.C7H4N2O7.C6H5NO3/c1-4-23(5-2)20(24)14-9-16-15-7-6-8-17-19(15)13(11-21-17)10-18(16)22(3)12-14;1-6(10)7-4-2-3-5-8(7)9(11)12;10-6-4(7(11)12)1-3(8(13)14)2-5(6)9(15)16;8-6-3-1-5(2-4-6)7(9)10/h6-9,11,14,18,21H,4-5,10,12H2,1-3H3;2-5H,1H3,(H,11,12);1-2,10H,(H,11,12);1-4,8H/t14-,18-;;;/m1.../s1. The van der Waals surface area contributed by atoms with Crippen molar-refractivity contribution in [3.63, 3.8) is 0 Å². The Hall–Kier alpha value is -8.00. The van der Waals surface area contributed by atoms with E-state index in [4.69, 9.17) is 15.3 Å². The number of nitrogens with one attached hydrogen (secondary N) is 1. The molecule has 1 aliphatic heterocycles. The lowest BCUT2D eigenvalue weighted by atomic mass is 9.79. The predicted octanol–water partition coefficient (Wildman–Crippen LogP) is 6.70. The molecule has 0 bridgehead atoms. The molecule has 7 rings (SSSR count). The summed E-state index contributed by atoms with van der Waals surface area (Å²) in [6.45, 7) is 7.81. The van der Waals surface area contributed by atoms with Crippen molar-refractivity contribution in [3.8, 4) is 11.5 Å². The number of phenolic OH excluding ortho intramolecular Hbond substituents is 1. The van der Waals surface area contributed by atoms with E-state index < -0.39 is 49.4 Å². The van der Waals surface area contributed by atoms with Gasteiger partial charge in [-0.2, -0.15) is 0 Å². The highest BCUT2D eigenvalue weighted by atomic mass is 16.6. The van der Waals surface area contributed by atoms with Crippen LogP contribution in [0.15, 0.2) is 91.1 Å². The fourth-order valence-corrected chi connectivity index (χ4v) is 6.94. The molecule has 5 N–H and O–H groups in total. The van der Waals surface area contributed by atoms with Crippen LogP contribution >= 0.6 is 0 Å². The Bertz CT molecular complexity index is 2500. The highest BCUT2D eigenvalue weighted by Crippen LogP contribution is 2.41. The Labute approximate surface area is 352 Å². The van der Waals surface area contributed by atoms with E-state index in [1.165, 1.54) is 70.9 Å². The topological polar surface area (TPSA) is 301 Å². The number of H-pyrrole nitrogens is 1. The zero-order valence-corrected chi connectivity index (χ0v) is 33.8. The summed E-state index contributed by atoms with van der Waals surface area (Å²) in [7, 11) is 2.15. The quantitative estimate of drug-likeness (QED) is 0.0585. The van der Waals surface area contributed by atoms with E-state index >= 15 is 0 Å². The van der Waals surface area contributed by atoms with Crippen LogP contribution in [0.2, 0.25) is 0 Å². The lowest BCUT2D eigenvalue weighted by Gasteiger charge is -2.40. The number of carboxylic acids is 2. The second kappa shape index (κ2) is 20.3. The smallest absolute Gasteiger partial charge is 0.340 e. The number of non-ortho nitro benzene ring substituents is 2. The summed E-state index contributed by atoms with van der Waals surface area (Å²) >= 11 is 0. The summed E-state index contributed by atoms with van der Waals surface area (Å²) in [4.78, 5) is 80.8. The minimum atomic E-state index is -1.69. The first-order valence-electron chi connectivity index (χ1n) is 18.8. The van der Waals surface area contributed by atoms with Gasteiger partial charge in [-0.3, -0.25) is 44.8 Å². The fourth-order valence-electron chi connectivity index (χ4n) is 6.94. The van der Waals surface area contributed by atoms with Gasteiger partial charge in [0.2, 0.25) is 11.7 Å². The van der Waals surface area contributed by atoms with Gasteiger partial charge in [0.25, 0.3) is 11.4 Å². The maximum atomic E-state index is 12.9. The van der Waals surface area contributed by atoms with Gasteiger partial charge < -0.3 is 30.3 Å². The number of benzene rings is 4. The van der Waals surface area contributed by atoms with Crippen molar-refractivity contribution in [1.82, 2.24) is 14.8 Å². The van der Waals surface area contributed by atoms with Crippen LogP contribution in [-0.4, -0.2) is 106 Å². The molecule has 2 aliphatic rings. The third-order valence-corrected chi connectivity index (χ3v) is 9.97. The first kappa shape index (κ1) is 46.7. The lowest BCUT2D eigenvalue weighted by Crippen LogP contribution is -2.47. The van der Waals surface area contributed by atoms with Crippen molar-refractivity contribution < 1.29 is 54.4 Å². The molecule has 0 fully saturated rings. The van der Waals surface area contributed by atoms with Crippen molar-refractivity contribution in [2.45, 2.75) is 33.2 Å². The Morgan fingerprint density at radius 3 is 1.90 bits per heavy atom. The largest absolute Gasteiger partial charge is 0.508 e. The molecule has 5 aromatic rings. The van der Waals surface area contributed by atoms with E-state index in [9.17, 15) is 54.6 Å². The van der Waals surface area contributed by atoms with Crippen LogP contribution in [0.4, 0.5) is 17.1 Å². The van der Waals surface area contributed by atoms with Gasteiger partial charge in [-0.1, -0.05) is 36.4 Å². The maximum Gasteiger partial charge on any atom is 0.340 e. The number of nitrogens with zero attached hydrogens (tertiary/aromatic N) is 5. The summed E-state index contributed by atoms with van der Waals surface area (Å²) in [5.41, 5.74) is 2.82. The molecule has 4 aromatic carbocycles. The third-order valence-electron chi connectivity index (χ3n) is 9.97. The number of phenols is 2. The van der Waals surface area contributed by atoms with Gasteiger partial charge in [-0.05, 0) is 75.2 Å². The van der Waals surface area contributed by atoms with Gasteiger partial charge in [0.05, 0.1) is 32.3 Å². The normalized spacial score (nSPS) is 14.7. The van der Waals surface area contributed by atoms with Gasteiger partial charge in [0, 0.05) is 66.5 Å². The second-order valence-electron chi connectivity index (χ2n) is 13.8. The molecule has 0 radical (unpaired) electrons. The van der Waals surface area contributed by atoms with E-state index in [2.05, 4.69) is 61.3 Å². The van der Waals surface area contributed by atoms with E-state index in [0.29, 0.717) is 18.2 Å². The molecule has 0 saturated heterocycles. The zero-order chi connectivity index (χ0) is 46.0. The van der Waals surface area contributed by atoms with Crippen molar-refractivity contribution in [2.24, 2.45) is 5.92 Å². The van der Waals surface area contributed by atoms with Crippen LogP contribution in [0.3, 0.4) is 0 Å². The summed E-state index contributed by atoms with van der Waals surface area (Å²) in [5.74, 6) is -3.85. The molecule has 0 spiro atoms. The molecule has 2 atom stereocenters. The van der Waals surface area contributed by atoms with Crippen molar-refractivity contribution in [2.75, 3.05) is 26.7 Å². The van der Waals surface area contributed by atoms with Crippen LogP contribution in [-0.2, 0) is 11.2 Å². The predicted molar refractivity (Wildman–Crippen MR) is 224 cm³/mol. The third kappa shape index (κ3) is 10.8. The molecule has 0 saturated carbocycles. The number of aromatic amines is 1. The van der Waals surface area contributed by atoms with E-state index in [1.54, 1.807) is 12.1 Å². The summed E-state index contributed by atoms with van der Waals surface area (Å²) in [5, 5.41) is 67.3. The number of aromatic hydroxyl groups is 2. The van der Waals surface area contributed by atoms with Crippen molar-refractivity contribution >= 4 is 57.2 Å². The summed E-state index contributed by atoms with van der Waals surface area (Å²) < 4.78 is 0. The number of carbonyl (C=O) groups is 4. The minimum absolute atomic E-state index is 0.0159. The Kier molecular flexibility index (Phi) is 15.3. The number of nitro benzene ring substituents is 3. The van der Waals surface area contributed by atoms with E-state index in [1.807, 2.05) is 4.90 Å². The van der Waals surface area contributed by atoms with Gasteiger partial charge >= 0.3 is 17.6 Å². The molecule has 1 amide bonds. The van der Waals surface area contributed by atoms with Crippen LogP contribution in [0, 0.1) is 36.3 Å².